The number of hydrogen-bond donors (Lipinski definition) is 1. The van der Waals surface area contributed by atoms with Crippen LogP contribution in [0.4, 0.5) is 0 Å². The molecule has 0 bridgehead atoms. The first kappa shape index (κ1) is 13.8. The first-order valence-corrected chi connectivity index (χ1v) is 6.55. The van der Waals surface area contributed by atoms with E-state index in [1.165, 1.54) is 0 Å². The standard InChI is InChI=1S/C14H15BrN2O2/c1-18-10-6-3-7-11(19-2)12(10)13(16)14-9(15)5-4-8-17-14/h3-8,13H,16H2,1-2H3. The Balaban J connectivity index is 2.55. The number of hydrogen-bond acceptors (Lipinski definition) is 4. The number of rotatable bonds is 4. The molecule has 1 aromatic heterocycles. The molecule has 0 aliphatic heterocycles. The molecule has 1 aromatic carbocycles. The molecule has 19 heavy (non-hydrogen) atoms. The van der Waals surface area contributed by atoms with Crippen LogP contribution in [0, 0.1) is 0 Å². The minimum atomic E-state index is -0.429. The summed E-state index contributed by atoms with van der Waals surface area (Å²) in [7, 11) is 3.22. The van der Waals surface area contributed by atoms with E-state index in [1.807, 2.05) is 30.3 Å². The summed E-state index contributed by atoms with van der Waals surface area (Å²) in [6, 6.07) is 8.90. The fourth-order valence-corrected chi connectivity index (χ4v) is 2.45. The van der Waals surface area contributed by atoms with Crippen LogP contribution in [0.15, 0.2) is 41.0 Å². The number of pyridine rings is 1. The monoisotopic (exact) mass is 322 g/mol. The van der Waals surface area contributed by atoms with Gasteiger partial charge >= 0.3 is 0 Å². The number of ether oxygens (including phenoxy) is 2. The lowest BCUT2D eigenvalue weighted by atomic mass is 10.0. The number of aromatic nitrogens is 1. The number of halogens is 1. The van der Waals surface area contributed by atoms with Crippen molar-refractivity contribution in [2.24, 2.45) is 5.73 Å². The van der Waals surface area contributed by atoms with Crippen molar-refractivity contribution < 1.29 is 9.47 Å². The Morgan fingerprint density at radius 1 is 1.11 bits per heavy atom. The first-order chi connectivity index (χ1) is 9.19. The van der Waals surface area contributed by atoms with Crippen LogP contribution in [0.25, 0.3) is 0 Å². The smallest absolute Gasteiger partial charge is 0.127 e. The van der Waals surface area contributed by atoms with Gasteiger partial charge in [-0.2, -0.15) is 0 Å². The third kappa shape index (κ3) is 2.72. The van der Waals surface area contributed by atoms with E-state index >= 15 is 0 Å². The van der Waals surface area contributed by atoms with Gasteiger partial charge in [-0.15, -0.1) is 0 Å². The van der Waals surface area contributed by atoms with Gasteiger partial charge in [0.15, 0.2) is 0 Å². The molecule has 100 valence electrons. The maximum absolute atomic E-state index is 6.32. The average molecular weight is 323 g/mol. The van der Waals surface area contributed by atoms with Crippen LogP contribution in [0.5, 0.6) is 11.5 Å². The maximum Gasteiger partial charge on any atom is 0.127 e. The molecule has 5 heteroatoms. The minimum Gasteiger partial charge on any atom is -0.496 e. The van der Waals surface area contributed by atoms with Crippen LogP contribution in [0.1, 0.15) is 17.3 Å². The summed E-state index contributed by atoms with van der Waals surface area (Å²) in [5.41, 5.74) is 7.84. The second-order valence-electron chi connectivity index (χ2n) is 3.92. The molecule has 1 heterocycles. The second kappa shape index (κ2) is 6.04. The van der Waals surface area contributed by atoms with Gasteiger partial charge in [0.2, 0.25) is 0 Å². The minimum absolute atomic E-state index is 0.429. The van der Waals surface area contributed by atoms with E-state index < -0.39 is 6.04 Å². The highest BCUT2D eigenvalue weighted by Gasteiger charge is 2.21. The predicted molar refractivity (Wildman–Crippen MR) is 77.5 cm³/mol. The Kier molecular flexibility index (Phi) is 4.39. The lowest BCUT2D eigenvalue weighted by molar-refractivity contribution is 0.382. The zero-order valence-electron chi connectivity index (χ0n) is 10.8. The molecular weight excluding hydrogens is 308 g/mol. The van der Waals surface area contributed by atoms with Gasteiger partial charge in [-0.1, -0.05) is 6.07 Å². The first-order valence-electron chi connectivity index (χ1n) is 5.76. The quantitative estimate of drug-likeness (QED) is 0.940. The molecule has 0 saturated carbocycles. The fraction of sp³-hybridized carbons (Fsp3) is 0.214. The van der Waals surface area contributed by atoms with Crippen LogP contribution in [0.2, 0.25) is 0 Å². The van der Waals surface area contributed by atoms with E-state index in [0.29, 0.717) is 11.5 Å². The van der Waals surface area contributed by atoms with Crippen molar-refractivity contribution in [3.63, 3.8) is 0 Å². The normalized spacial score (nSPS) is 12.0. The summed E-state index contributed by atoms with van der Waals surface area (Å²) >= 11 is 3.46. The molecule has 1 unspecified atom stereocenters. The van der Waals surface area contributed by atoms with Crippen LogP contribution in [-0.4, -0.2) is 19.2 Å². The Labute approximate surface area is 120 Å². The number of benzene rings is 1. The van der Waals surface area contributed by atoms with Gasteiger partial charge in [-0.3, -0.25) is 4.98 Å². The molecule has 0 aliphatic rings. The van der Waals surface area contributed by atoms with Crippen LogP contribution >= 0.6 is 15.9 Å². The van der Waals surface area contributed by atoms with Crippen molar-refractivity contribution in [2.45, 2.75) is 6.04 Å². The Morgan fingerprint density at radius 3 is 2.26 bits per heavy atom. The Hall–Kier alpha value is -1.59. The summed E-state index contributed by atoms with van der Waals surface area (Å²) in [6.45, 7) is 0. The van der Waals surface area contributed by atoms with E-state index in [-0.39, 0.29) is 0 Å². The number of nitrogens with zero attached hydrogens (tertiary/aromatic N) is 1. The lowest BCUT2D eigenvalue weighted by Gasteiger charge is -2.19. The molecule has 0 fully saturated rings. The van der Waals surface area contributed by atoms with Gasteiger partial charge in [0, 0.05) is 10.7 Å². The third-order valence-corrected chi connectivity index (χ3v) is 3.53. The van der Waals surface area contributed by atoms with Gasteiger partial charge in [-0.05, 0) is 40.2 Å². The van der Waals surface area contributed by atoms with Crippen LogP contribution in [0.3, 0.4) is 0 Å². The second-order valence-corrected chi connectivity index (χ2v) is 4.78. The van der Waals surface area contributed by atoms with E-state index in [4.69, 9.17) is 15.2 Å². The van der Waals surface area contributed by atoms with Crippen molar-refractivity contribution in [2.75, 3.05) is 14.2 Å². The molecule has 2 rings (SSSR count). The van der Waals surface area contributed by atoms with Crippen LogP contribution in [-0.2, 0) is 0 Å². The van der Waals surface area contributed by atoms with E-state index in [1.54, 1.807) is 20.4 Å². The van der Waals surface area contributed by atoms with E-state index in [2.05, 4.69) is 20.9 Å². The summed E-state index contributed by atoms with van der Waals surface area (Å²) in [5, 5.41) is 0. The van der Waals surface area contributed by atoms with Gasteiger partial charge in [0.1, 0.15) is 11.5 Å². The van der Waals surface area contributed by atoms with Crippen LogP contribution < -0.4 is 15.2 Å². The highest BCUT2D eigenvalue weighted by molar-refractivity contribution is 9.10. The average Bonchev–Trinajstić information content (AvgIpc) is 2.46. The predicted octanol–water partition coefficient (Wildman–Crippen LogP) is 2.91. The summed E-state index contributed by atoms with van der Waals surface area (Å²) in [6.07, 6.45) is 1.71. The largest absolute Gasteiger partial charge is 0.496 e. The summed E-state index contributed by atoms with van der Waals surface area (Å²) in [5.74, 6) is 1.37. The van der Waals surface area contributed by atoms with Crippen molar-refractivity contribution in [1.29, 1.82) is 0 Å². The van der Waals surface area contributed by atoms with Gasteiger partial charge < -0.3 is 15.2 Å². The SMILES string of the molecule is COc1cccc(OC)c1C(N)c1ncccc1Br. The van der Waals surface area contributed by atoms with Crippen molar-refractivity contribution in [3.05, 3.63) is 52.3 Å². The number of methoxy groups -OCH3 is 2. The zero-order chi connectivity index (χ0) is 13.8. The van der Waals surface area contributed by atoms with Gasteiger partial charge in [0.05, 0.1) is 31.5 Å². The molecule has 2 aromatic rings. The molecule has 4 nitrogen and oxygen atoms in total. The molecule has 0 radical (unpaired) electrons. The van der Waals surface area contributed by atoms with Gasteiger partial charge in [-0.25, -0.2) is 0 Å². The van der Waals surface area contributed by atoms with E-state index in [0.717, 1.165) is 15.7 Å². The third-order valence-electron chi connectivity index (χ3n) is 2.86. The molecular formula is C14H15BrN2O2. The Bertz CT molecular complexity index is 553. The molecule has 0 saturated heterocycles. The summed E-state index contributed by atoms with van der Waals surface area (Å²) < 4.78 is 11.6. The highest BCUT2D eigenvalue weighted by Crippen LogP contribution is 2.37. The van der Waals surface area contributed by atoms with Crippen molar-refractivity contribution in [3.8, 4) is 11.5 Å². The summed E-state index contributed by atoms with van der Waals surface area (Å²) in [4.78, 5) is 4.32. The molecule has 0 amide bonds. The Morgan fingerprint density at radius 2 is 1.74 bits per heavy atom. The fourth-order valence-electron chi connectivity index (χ4n) is 1.95. The highest BCUT2D eigenvalue weighted by atomic mass is 79.9. The molecule has 0 spiro atoms. The molecule has 2 N–H and O–H groups in total. The van der Waals surface area contributed by atoms with E-state index in [9.17, 15) is 0 Å². The topological polar surface area (TPSA) is 57.4 Å². The van der Waals surface area contributed by atoms with Crippen molar-refractivity contribution in [1.82, 2.24) is 4.98 Å². The maximum atomic E-state index is 6.32. The lowest BCUT2D eigenvalue weighted by Crippen LogP contribution is -2.16. The molecule has 0 aliphatic carbocycles. The molecule has 1 atom stereocenters. The number of nitrogens with two attached hydrogens (primary N) is 1. The van der Waals surface area contributed by atoms with Gasteiger partial charge in [0.25, 0.3) is 0 Å². The zero-order valence-corrected chi connectivity index (χ0v) is 12.3. The van der Waals surface area contributed by atoms with Crippen molar-refractivity contribution >= 4 is 15.9 Å².